The smallest absolute Gasteiger partial charge is 0.297 e. The van der Waals surface area contributed by atoms with E-state index in [9.17, 15) is 17.8 Å². The topological polar surface area (TPSA) is 102 Å². The SMILES string of the molecule is O=C(NC1CCN(CCCc2ccccc2)CC1)C1=CC2CNC3=CC=CC(=C1S(=O)(=O)O)N32. The maximum atomic E-state index is 13.2. The summed E-state index contributed by atoms with van der Waals surface area (Å²) in [6.45, 7) is 3.37. The van der Waals surface area contributed by atoms with Gasteiger partial charge >= 0.3 is 0 Å². The van der Waals surface area contributed by atoms with E-state index in [1.54, 1.807) is 18.2 Å². The lowest BCUT2D eigenvalue weighted by Crippen LogP contribution is -2.46. The van der Waals surface area contributed by atoms with Crippen molar-refractivity contribution < 1.29 is 17.8 Å². The number of aryl methyl sites for hydroxylation is 1. The summed E-state index contributed by atoms with van der Waals surface area (Å²) in [7, 11) is -4.60. The molecule has 4 aliphatic heterocycles. The van der Waals surface area contributed by atoms with Crippen molar-refractivity contribution in [3.8, 4) is 0 Å². The van der Waals surface area contributed by atoms with Gasteiger partial charge in [-0.2, -0.15) is 8.42 Å². The van der Waals surface area contributed by atoms with Crippen LogP contribution in [-0.4, -0.2) is 66.9 Å². The van der Waals surface area contributed by atoms with Crippen LogP contribution >= 0.6 is 0 Å². The lowest BCUT2D eigenvalue weighted by Gasteiger charge is -2.35. The molecule has 0 radical (unpaired) electrons. The Morgan fingerprint density at radius 2 is 1.94 bits per heavy atom. The highest BCUT2D eigenvalue weighted by atomic mass is 32.2. The van der Waals surface area contributed by atoms with Crippen molar-refractivity contribution >= 4 is 16.0 Å². The number of nitrogens with zero attached hydrogens (tertiary/aromatic N) is 2. The molecular formula is C25H30N4O4S. The van der Waals surface area contributed by atoms with E-state index in [1.165, 1.54) is 5.56 Å². The van der Waals surface area contributed by atoms with Gasteiger partial charge < -0.3 is 20.4 Å². The fourth-order valence-corrected chi connectivity index (χ4v) is 6.08. The van der Waals surface area contributed by atoms with Crippen molar-refractivity contribution in [1.29, 1.82) is 0 Å². The van der Waals surface area contributed by atoms with Gasteiger partial charge in [0.15, 0.2) is 0 Å². The largest absolute Gasteiger partial charge is 0.369 e. The number of carbonyl (C=O) groups excluding carboxylic acids is 1. The Morgan fingerprint density at radius 1 is 1.18 bits per heavy atom. The summed E-state index contributed by atoms with van der Waals surface area (Å²) in [5.74, 6) is 0.317. The van der Waals surface area contributed by atoms with Gasteiger partial charge in [0.2, 0.25) is 0 Å². The zero-order valence-electron chi connectivity index (χ0n) is 19.0. The van der Waals surface area contributed by atoms with Crippen LogP contribution in [0.1, 0.15) is 24.8 Å². The minimum atomic E-state index is -4.60. The zero-order valence-corrected chi connectivity index (χ0v) is 19.8. The third kappa shape index (κ3) is 4.68. The number of piperidine rings is 1. The van der Waals surface area contributed by atoms with Crippen molar-refractivity contribution in [3.63, 3.8) is 0 Å². The van der Waals surface area contributed by atoms with Crippen molar-refractivity contribution in [2.24, 2.45) is 0 Å². The third-order valence-corrected chi connectivity index (χ3v) is 7.84. The van der Waals surface area contributed by atoms with Gasteiger partial charge in [-0.3, -0.25) is 9.35 Å². The number of likely N-dealkylation sites (tertiary alicyclic amines) is 1. The lowest BCUT2D eigenvalue weighted by atomic mass is 10.00. The van der Waals surface area contributed by atoms with Crippen LogP contribution in [0.25, 0.3) is 0 Å². The Balaban J connectivity index is 1.20. The van der Waals surface area contributed by atoms with Gasteiger partial charge in [-0.05, 0) is 56.0 Å². The normalized spacial score (nSPS) is 22.7. The molecule has 0 saturated carbocycles. The number of carbonyl (C=O) groups is 1. The number of hydrogen-bond acceptors (Lipinski definition) is 6. The van der Waals surface area contributed by atoms with Crippen LogP contribution in [0.2, 0.25) is 0 Å². The lowest BCUT2D eigenvalue weighted by molar-refractivity contribution is -0.118. The van der Waals surface area contributed by atoms with Crippen molar-refractivity contribution in [2.45, 2.75) is 37.8 Å². The van der Waals surface area contributed by atoms with Crippen molar-refractivity contribution in [3.05, 3.63) is 82.2 Å². The molecule has 8 nitrogen and oxygen atoms in total. The number of benzene rings is 1. The second-order valence-corrected chi connectivity index (χ2v) is 10.5. The fraction of sp³-hybridized carbons (Fsp3) is 0.400. The van der Waals surface area contributed by atoms with Gasteiger partial charge in [0, 0.05) is 25.7 Å². The Kier molecular flexibility index (Phi) is 6.33. The molecule has 1 atom stereocenters. The molecule has 1 aromatic carbocycles. The molecule has 180 valence electrons. The highest BCUT2D eigenvalue weighted by molar-refractivity contribution is 7.90. The first-order chi connectivity index (χ1) is 16.4. The van der Waals surface area contributed by atoms with Gasteiger partial charge in [0.25, 0.3) is 16.0 Å². The molecule has 1 amide bonds. The van der Waals surface area contributed by atoms with E-state index in [4.69, 9.17) is 0 Å². The maximum absolute atomic E-state index is 13.2. The highest BCUT2D eigenvalue weighted by Gasteiger charge is 2.41. The third-order valence-electron chi connectivity index (χ3n) is 6.90. The molecule has 1 aromatic rings. The molecule has 0 spiro atoms. The molecule has 4 aliphatic rings. The summed E-state index contributed by atoms with van der Waals surface area (Å²) in [5.41, 5.74) is 1.70. The highest BCUT2D eigenvalue weighted by Crippen LogP contribution is 2.37. The monoisotopic (exact) mass is 482 g/mol. The molecule has 5 rings (SSSR count). The quantitative estimate of drug-likeness (QED) is 0.511. The number of nitrogens with one attached hydrogen (secondary N) is 2. The predicted octanol–water partition coefficient (Wildman–Crippen LogP) is 1.92. The van der Waals surface area contributed by atoms with E-state index in [0.29, 0.717) is 12.2 Å². The van der Waals surface area contributed by atoms with Crippen LogP contribution in [0, 0.1) is 0 Å². The molecule has 2 fully saturated rings. The Labute approximate surface area is 200 Å². The van der Waals surface area contributed by atoms with Gasteiger partial charge in [-0.25, -0.2) is 0 Å². The minimum absolute atomic E-state index is 0.0245. The summed E-state index contributed by atoms with van der Waals surface area (Å²) in [5, 5.41) is 6.24. The molecule has 3 N–H and O–H groups in total. The second kappa shape index (κ2) is 9.40. The van der Waals surface area contributed by atoms with Crippen LogP contribution in [0.3, 0.4) is 0 Å². The molecule has 9 heteroatoms. The summed E-state index contributed by atoms with van der Waals surface area (Å²) in [6.07, 6.45) is 10.6. The second-order valence-electron chi connectivity index (χ2n) is 9.18. The van der Waals surface area contributed by atoms with E-state index >= 15 is 0 Å². The van der Waals surface area contributed by atoms with Gasteiger partial charge in [-0.15, -0.1) is 0 Å². The van der Waals surface area contributed by atoms with Crippen molar-refractivity contribution in [1.82, 2.24) is 20.4 Å². The number of amides is 1. The molecule has 0 aliphatic carbocycles. The maximum Gasteiger partial charge on any atom is 0.297 e. The van der Waals surface area contributed by atoms with E-state index < -0.39 is 16.0 Å². The van der Waals surface area contributed by atoms with E-state index in [1.807, 2.05) is 17.0 Å². The van der Waals surface area contributed by atoms with Crippen LogP contribution in [0.5, 0.6) is 0 Å². The minimum Gasteiger partial charge on any atom is -0.369 e. The van der Waals surface area contributed by atoms with Crippen LogP contribution in [0.15, 0.2) is 76.6 Å². The van der Waals surface area contributed by atoms with Crippen LogP contribution in [0.4, 0.5) is 0 Å². The first-order valence-corrected chi connectivity index (χ1v) is 13.3. The Hall–Kier alpha value is -2.88. The van der Waals surface area contributed by atoms with Gasteiger partial charge in [0.1, 0.15) is 10.7 Å². The zero-order chi connectivity index (χ0) is 23.7. The van der Waals surface area contributed by atoms with Crippen LogP contribution in [-0.2, 0) is 21.3 Å². The van der Waals surface area contributed by atoms with Gasteiger partial charge in [0.05, 0.1) is 17.3 Å². The van der Waals surface area contributed by atoms with E-state index in [-0.39, 0.29) is 22.6 Å². The average molecular weight is 483 g/mol. The Morgan fingerprint density at radius 3 is 2.68 bits per heavy atom. The summed E-state index contributed by atoms with van der Waals surface area (Å²) in [6, 6.07) is 10.3. The molecule has 0 bridgehead atoms. The van der Waals surface area contributed by atoms with E-state index in [2.05, 4.69) is 39.8 Å². The number of rotatable bonds is 7. The molecule has 0 aromatic heterocycles. The average Bonchev–Trinajstić information content (AvgIpc) is 3.24. The van der Waals surface area contributed by atoms with Crippen LogP contribution < -0.4 is 10.6 Å². The summed E-state index contributed by atoms with van der Waals surface area (Å²) in [4.78, 5) is 17.1. The molecule has 34 heavy (non-hydrogen) atoms. The first-order valence-electron chi connectivity index (χ1n) is 11.8. The molecule has 2 saturated heterocycles. The molecule has 1 unspecified atom stereocenters. The first kappa shape index (κ1) is 22.9. The molecule has 4 heterocycles. The number of hydrogen-bond donors (Lipinski definition) is 3. The van der Waals surface area contributed by atoms with E-state index in [0.717, 1.165) is 51.1 Å². The van der Waals surface area contributed by atoms with Gasteiger partial charge in [-0.1, -0.05) is 36.4 Å². The van der Waals surface area contributed by atoms with Crippen molar-refractivity contribution in [2.75, 3.05) is 26.2 Å². The number of allylic oxidation sites excluding steroid dienone is 3. The Bertz CT molecular complexity index is 1180. The summed E-state index contributed by atoms with van der Waals surface area (Å²) >= 11 is 0. The summed E-state index contributed by atoms with van der Waals surface area (Å²) < 4.78 is 34.6. The predicted molar refractivity (Wildman–Crippen MR) is 130 cm³/mol. The fourth-order valence-electron chi connectivity index (χ4n) is 5.21. The molecular weight excluding hydrogens is 452 g/mol. The standard InChI is InChI=1S/C25H30N4O4S/c30-25(27-19-11-14-28(15-12-19)13-5-8-18-6-2-1-3-7-18)21-16-20-17-26-23-10-4-9-22(29(20)23)24(21)34(31,32)33/h1-4,6-7,9-10,16,19-20,26H,5,8,11-15,17H2,(H,27,30)(H,31,32,33).